The second kappa shape index (κ2) is 4.15. The molecule has 1 N–H and O–H groups in total. The average molecular weight is 268 g/mol. The Bertz CT molecular complexity index is 461. The number of nitrogens with one attached hydrogen (secondary N) is 1. The number of halogens is 1. The zero-order valence-electron chi connectivity index (χ0n) is 7.59. The number of hydrogen-bond acceptors (Lipinski definition) is 2. The van der Waals surface area contributed by atoms with E-state index in [9.17, 15) is 0 Å². The number of benzene rings is 1. The van der Waals surface area contributed by atoms with Gasteiger partial charge in [-0.15, -0.1) is 11.3 Å². The molecular formula is C11H10BrNS. The number of thiophene rings is 1. The second-order valence-electron chi connectivity index (χ2n) is 3.04. The summed E-state index contributed by atoms with van der Waals surface area (Å²) in [5, 5.41) is 6.69. The number of rotatable bonds is 3. The fraction of sp³-hybridized carbons (Fsp3) is 0.0909. The maximum atomic E-state index is 3.78. The van der Waals surface area contributed by atoms with Gasteiger partial charge < -0.3 is 5.32 Å². The van der Waals surface area contributed by atoms with Crippen molar-refractivity contribution in [3.05, 3.63) is 40.7 Å². The van der Waals surface area contributed by atoms with Crippen LogP contribution in [0.5, 0.6) is 0 Å². The molecule has 0 aliphatic carbocycles. The number of anilines is 1. The van der Waals surface area contributed by atoms with Crippen LogP contribution >= 0.6 is 27.3 Å². The van der Waals surface area contributed by atoms with E-state index in [1.165, 1.54) is 10.1 Å². The van der Waals surface area contributed by atoms with Crippen LogP contribution < -0.4 is 5.32 Å². The highest BCUT2D eigenvalue weighted by Crippen LogP contribution is 2.24. The lowest BCUT2D eigenvalue weighted by molar-refractivity contribution is 1.33. The molecule has 2 rings (SSSR count). The van der Waals surface area contributed by atoms with E-state index in [0.29, 0.717) is 0 Å². The molecule has 72 valence electrons. The van der Waals surface area contributed by atoms with Crippen molar-refractivity contribution < 1.29 is 0 Å². The molecule has 0 unspecified atom stereocenters. The van der Waals surface area contributed by atoms with E-state index in [1.807, 2.05) is 0 Å². The van der Waals surface area contributed by atoms with Gasteiger partial charge in [0.1, 0.15) is 0 Å². The molecule has 3 heteroatoms. The lowest BCUT2D eigenvalue weighted by atomic mass is 10.2. The summed E-state index contributed by atoms with van der Waals surface area (Å²) < 4.78 is 2.29. The van der Waals surface area contributed by atoms with Crippen LogP contribution in [0.4, 0.5) is 5.69 Å². The molecule has 0 atom stereocenters. The number of fused-ring (bicyclic) bond motifs is 1. The molecule has 2 aromatic rings. The van der Waals surface area contributed by atoms with Gasteiger partial charge >= 0.3 is 0 Å². The molecule has 0 radical (unpaired) electrons. The molecule has 1 heterocycles. The highest BCUT2D eigenvalue weighted by Gasteiger charge is 1.96. The topological polar surface area (TPSA) is 12.0 Å². The quantitative estimate of drug-likeness (QED) is 0.878. The van der Waals surface area contributed by atoms with Crippen molar-refractivity contribution >= 4 is 43.0 Å². The number of hydrogen-bond donors (Lipinski definition) is 1. The zero-order chi connectivity index (χ0) is 9.97. The molecule has 0 saturated heterocycles. The van der Waals surface area contributed by atoms with Crippen LogP contribution in [0.15, 0.2) is 40.7 Å². The largest absolute Gasteiger partial charge is 0.380 e. The molecule has 0 bridgehead atoms. The lowest BCUT2D eigenvalue weighted by Crippen LogP contribution is -1.99. The van der Waals surface area contributed by atoms with Gasteiger partial charge in [0.25, 0.3) is 0 Å². The fourth-order valence-electron chi connectivity index (χ4n) is 1.27. The summed E-state index contributed by atoms with van der Waals surface area (Å²) >= 11 is 5.09. The van der Waals surface area contributed by atoms with Crippen molar-refractivity contribution in [1.82, 2.24) is 0 Å². The molecule has 0 aliphatic heterocycles. The van der Waals surface area contributed by atoms with Crippen molar-refractivity contribution in [2.75, 3.05) is 11.9 Å². The normalized spacial score (nSPS) is 10.4. The van der Waals surface area contributed by atoms with Gasteiger partial charge in [-0.1, -0.05) is 22.5 Å². The van der Waals surface area contributed by atoms with Crippen LogP contribution in [0, 0.1) is 0 Å². The van der Waals surface area contributed by atoms with Gasteiger partial charge in [0.05, 0.1) is 0 Å². The van der Waals surface area contributed by atoms with Crippen molar-refractivity contribution in [2.45, 2.75) is 0 Å². The molecule has 0 saturated carbocycles. The summed E-state index contributed by atoms with van der Waals surface area (Å²) in [7, 11) is 0. The van der Waals surface area contributed by atoms with E-state index in [1.54, 1.807) is 11.3 Å². The molecule has 14 heavy (non-hydrogen) atoms. The summed E-state index contributed by atoms with van der Waals surface area (Å²) in [5.41, 5.74) is 1.14. The van der Waals surface area contributed by atoms with Crippen LogP contribution in [0.3, 0.4) is 0 Å². The standard InChI is InChI=1S/C11H10BrNS/c1-8(12)7-13-10-2-3-11-9(6-10)4-5-14-11/h2-6,13H,1,7H2. The SMILES string of the molecule is C=C(Br)CNc1ccc2sccc2c1. The van der Waals surface area contributed by atoms with Gasteiger partial charge in [-0.25, -0.2) is 0 Å². The van der Waals surface area contributed by atoms with Crippen LogP contribution in [-0.2, 0) is 0 Å². The lowest BCUT2D eigenvalue weighted by Gasteiger charge is -2.04. The summed E-state index contributed by atoms with van der Waals surface area (Å²) in [6.45, 7) is 4.54. The Hall–Kier alpha value is -0.800. The molecule has 1 aromatic heterocycles. The Balaban J connectivity index is 2.21. The minimum atomic E-state index is 0.760. The van der Waals surface area contributed by atoms with Gasteiger partial charge in [0, 0.05) is 21.4 Å². The minimum Gasteiger partial charge on any atom is -0.380 e. The van der Waals surface area contributed by atoms with Crippen LogP contribution in [-0.4, -0.2) is 6.54 Å². The van der Waals surface area contributed by atoms with Crippen LogP contribution in [0.25, 0.3) is 10.1 Å². The predicted molar refractivity (Wildman–Crippen MR) is 68.4 cm³/mol. The highest BCUT2D eigenvalue weighted by atomic mass is 79.9. The third-order valence-corrected chi connectivity index (χ3v) is 3.11. The maximum absolute atomic E-state index is 3.78. The molecule has 1 aromatic carbocycles. The third kappa shape index (κ3) is 2.16. The van der Waals surface area contributed by atoms with Crippen molar-refractivity contribution in [2.24, 2.45) is 0 Å². The molecule has 0 fully saturated rings. The first-order chi connectivity index (χ1) is 6.75. The third-order valence-electron chi connectivity index (χ3n) is 1.94. The highest BCUT2D eigenvalue weighted by molar-refractivity contribution is 9.11. The van der Waals surface area contributed by atoms with Crippen LogP contribution in [0.2, 0.25) is 0 Å². The molecule has 0 amide bonds. The van der Waals surface area contributed by atoms with E-state index < -0.39 is 0 Å². The Morgan fingerprint density at radius 3 is 3.07 bits per heavy atom. The van der Waals surface area contributed by atoms with Crippen molar-refractivity contribution in [1.29, 1.82) is 0 Å². The second-order valence-corrected chi connectivity index (χ2v) is 5.11. The molecule has 0 aliphatic rings. The van der Waals surface area contributed by atoms with Gasteiger partial charge in [-0.3, -0.25) is 0 Å². The summed E-state index contributed by atoms with van der Waals surface area (Å²) in [6.07, 6.45) is 0. The Morgan fingerprint density at radius 2 is 2.29 bits per heavy atom. The van der Waals surface area contributed by atoms with Gasteiger partial charge in [0.2, 0.25) is 0 Å². The van der Waals surface area contributed by atoms with E-state index in [-0.39, 0.29) is 0 Å². The first-order valence-electron chi connectivity index (χ1n) is 4.30. The van der Waals surface area contributed by atoms with Gasteiger partial charge in [-0.2, -0.15) is 0 Å². The first-order valence-corrected chi connectivity index (χ1v) is 5.97. The Kier molecular flexibility index (Phi) is 2.89. The van der Waals surface area contributed by atoms with E-state index in [2.05, 4.69) is 57.5 Å². The smallest absolute Gasteiger partial charge is 0.0460 e. The summed E-state index contributed by atoms with van der Waals surface area (Å²) in [5.74, 6) is 0. The Morgan fingerprint density at radius 1 is 1.43 bits per heavy atom. The van der Waals surface area contributed by atoms with E-state index in [0.717, 1.165) is 16.7 Å². The summed E-state index contributed by atoms with van der Waals surface area (Å²) in [6, 6.07) is 8.52. The minimum absolute atomic E-state index is 0.760. The van der Waals surface area contributed by atoms with Crippen molar-refractivity contribution in [3.63, 3.8) is 0 Å². The Labute approximate surface area is 95.6 Å². The van der Waals surface area contributed by atoms with E-state index in [4.69, 9.17) is 0 Å². The monoisotopic (exact) mass is 267 g/mol. The summed E-state index contributed by atoms with van der Waals surface area (Å²) in [4.78, 5) is 0. The average Bonchev–Trinajstić information content (AvgIpc) is 2.61. The zero-order valence-corrected chi connectivity index (χ0v) is 9.99. The van der Waals surface area contributed by atoms with Crippen LogP contribution in [0.1, 0.15) is 0 Å². The van der Waals surface area contributed by atoms with E-state index >= 15 is 0 Å². The maximum Gasteiger partial charge on any atom is 0.0460 e. The molecule has 1 nitrogen and oxygen atoms in total. The molecule has 0 spiro atoms. The van der Waals surface area contributed by atoms with Crippen molar-refractivity contribution in [3.8, 4) is 0 Å². The van der Waals surface area contributed by atoms with Gasteiger partial charge in [-0.05, 0) is 35.0 Å². The first kappa shape index (κ1) is 9.74. The predicted octanol–water partition coefficient (Wildman–Crippen LogP) is 4.22. The molecular weight excluding hydrogens is 258 g/mol. The fourth-order valence-corrected chi connectivity index (χ4v) is 2.19. The van der Waals surface area contributed by atoms with Gasteiger partial charge in [0.15, 0.2) is 0 Å².